The van der Waals surface area contributed by atoms with Crippen LogP contribution in [0.4, 0.5) is 0 Å². The zero-order valence-corrected chi connectivity index (χ0v) is 8.23. The normalized spacial score (nSPS) is 45.3. The Morgan fingerprint density at radius 2 is 2.30 bits per heavy atom. The first-order valence-electron chi connectivity index (χ1n) is 4.06. The summed E-state index contributed by atoms with van der Waals surface area (Å²) in [5, 5.41) is 0. The van der Waals surface area contributed by atoms with Crippen molar-refractivity contribution in [3.63, 3.8) is 0 Å². The largest absolute Gasteiger partial charge is 0.0936 e. The van der Waals surface area contributed by atoms with Gasteiger partial charge in [0.25, 0.3) is 0 Å². The van der Waals surface area contributed by atoms with Gasteiger partial charge >= 0.3 is 0 Å². The quantitative estimate of drug-likeness (QED) is 0.560. The molecule has 1 aliphatic carbocycles. The molecule has 1 aliphatic heterocycles. The fraction of sp³-hybridized carbons (Fsp3) is 1.00. The van der Waals surface area contributed by atoms with Crippen LogP contribution in [0.15, 0.2) is 0 Å². The molecule has 0 nitrogen and oxygen atoms in total. The Hall–Kier alpha value is 0.700. The van der Waals surface area contributed by atoms with Gasteiger partial charge in [0.2, 0.25) is 0 Å². The van der Waals surface area contributed by atoms with E-state index in [-0.39, 0.29) is 0 Å². The van der Waals surface area contributed by atoms with E-state index in [0.29, 0.717) is 0 Å². The molecule has 0 aromatic heterocycles. The van der Waals surface area contributed by atoms with E-state index in [4.69, 9.17) is 0 Å². The van der Waals surface area contributed by atoms with E-state index in [2.05, 4.69) is 35.4 Å². The van der Waals surface area contributed by atoms with Crippen LogP contribution < -0.4 is 0 Å². The Morgan fingerprint density at radius 1 is 1.50 bits per heavy atom. The second-order valence-electron chi connectivity index (χ2n) is 3.70. The molecule has 10 heavy (non-hydrogen) atoms. The summed E-state index contributed by atoms with van der Waals surface area (Å²) < 4.78 is 0.725. The first-order valence-corrected chi connectivity index (χ1v) is 6.38. The van der Waals surface area contributed by atoms with Crippen LogP contribution in [0.5, 0.6) is 0 Å². The average Bonchev–Trinajstić information content (AvgIpc) is 2.61. The van der Waals surface area contributed by atoms with E-state index in [1.54, 1.807) is 0 Å². The number of hydrogen-bond donors (Lipinski definition) is 0. The van der Waals surface area contributed by atoms with Crippen LogP contribution in [0.25, 0.3) is 0 Å². The van der Waals surface area contributed by atoms with E-state index in [1.165, 1.54) is 18.6 Å². The second kappa shape index (κ2) is 2.34. The third-order valence-corrected chi connectivity index (χ3v) is 6.42. The summed E-state index contributed by atoms with van der Waals surface area (Å²) in [4.78, 5) is 0. The molecular formula is C8H14S2. The Kier molecular flexibility index (Phi) is 1.72. The zero-order chi connectivity index (χ0) is 7.19. The van der Waals surface area contributed by atoms with Crippen LogP contribution in [-0.4, -0.2) is 10.5 Å². The molecule has 0 aromatic carbocycles. The fourth-order valence-corrected chi connectivity index (χ4v) is 5.71. The highest BCUT2D eigenvalue weighted by Crippen LogP contribution is 2.67. The highest BCUT2D eigenvalue weighted by Gasteiger charge is 2.57. The topological polar surface area (TPSA) is 0 Å². The predicted molar refractivity (Wildman–Crippen MR) is 50.3 cm³/mol. The molecule has 0 N–H and O–H groups in total. The second-order valence-corrected chi connectivity index (χ2v) is 6.48. The van der Waals surface area contributed by atoms with E-state index in [9.17, 15) is 0 Å². The molecule has 2 aliphatic rings. The third-order valence-electron chi connectivity index (χ3n) is 2.84. The minimum atomic E-state index is 0.725. The van der Waals surface area contributed by atoms with E-state index >= 15 is 0 Å². The van der Waals surface area contributed by atoms with Gasteiger partial charge in [-0.25, -0.2) is 0 Å². The molecule has 0 aromatic rings. The van der Waals surface area contributed by atoms with Crippen molar-refractivity contribution < 1.29 is 0 Å². The Labute approximate surface area is 70.9 Å². The highest BCUT2D eigenvalue weighted by molar-refractivity contribution is 8.77. The van der Waals surface area contributed by atoms with Crippen LogP contribution in [0.3, 0.4) is 0 Å². The third kappa shape index (κ3) is 0.918. The molecule has 0 bridgehead atoms. The van der Waals surface area contributed by atoms with Crippen LogP contribution >= 0.6 is 21.6 Å². The van der Waals surface area contributed by atoms with Crippen molar-refractivity contribution in [1.82, 2.24) is 0 Å². The minimum absolute atomic E-state index is 0.725. The van der Waals surface area contributed by atoms with Gasteiger partial charge in [-0.3, -0.25) is 0 Å². The summed E-state index contributed by atoms with van der Waals surface area (Å²) in [7, 11) is 4.25. The van der Waals surface area contributed by atoms with Gasteiger partial charge in [0.1, 0.15) is 0 Å². The average molecular weight is 174 g/mol. The van der Waals surface area contributed by atoms with E-state index in [1.807, 2.05) is 0 Å². The molecule has 1 heterocycles. The molecule has 0 amide bonds. The lowest BCUT2D eigenvalue weighted by molar-refractivity contribution is 0.552. The molecule has 2 atom stereocenters. The summed E-state index contributed by atoms with van der Waals surface area (Å²) in [5.41, 5.74) is 0. The van der Waals surface area contributed by atoms with Crippen LogP contribution in [0, 0.1) is 11.8 Å². The van der Waals surface area contributed by atoms with Gasteiger partial charge in [0.15, 0.2) is 0 Å². The summed E-state index contributed by atoms with van der Waals surface area (Å²) in [5.74, 6) is 3.37. The summed E-state index contributed by atoms with van der Waals surface area (Å²) in [6, 6.07) is 0. The molecule has 2 rings (SSSR count). The first-order chi connectivity index (χ1) is 4.76. The van der Waals surface area contributed by atoms with Gasteiger partial charge in [-0.1, -0.05) is 35.4 Å². The molecule has 1 saturated heterocycles. The maximum atomic E-state index is 2.37. The number of fused-ring (bicyclic) bond motifs is 1. The van der Waals surface area contributed by atoms with Gasteiger partial charge in [-0.2, -0.15) is 0 Å². The van der Waals surface area contributed by atoms with Crippen molar-refractivity contribution in [3.05, 3.63) is 0 Å². The predicted octanol–water partition coefficient (Wildman–Crippen LogP) is 3.19. The lowest BCUT2D eigenvalue weighted by Crippen LogP contribution is -2.17. The molecule has 2 unspecified atom stereocenters. The van der Waals surface area contributed by atoms with Crippen LogP contribution in [0.2, 0.25) is 0 Å². The standard InChI is InChI=1S/C8H14S2/c1-6(2)8-5-7(8)3-4-9-10-8/h6-7H,3-5H2,1-2H3. The fourth-order valence-electron chi connectivity index (χ4n) is 1.92. The number of rotatable bonds is 1. The molecule has 1 saturated carbocycles. The molecule has 0 radical (unpaired) electrons. The number of hydrogen-bond acceptors (Lipinski definition) is 2. The van der Waals surface area contributed by atoms with Gasteiger partial charge in [0, 0.05) is 10.5 Å². The maximum Gasteiger partial charge on any atom is 0.0318 e. The molecule has 0 spiro atoms. The van der Waals surface area contributed by atoms with E-state index < -0.39 is 0 Å². The van der Waals surface area contributed by atoms with Crippen molar-refractivity contribution in [3.8, 4) is 0 Å². The van der Waals surface area contributed by atoms with Crippen molar-refractivity contribution >= 4 is 21.6 Å². The molecule has 58 valence electrons. The van der Waals surface area contributed by atoms with Crippen LogP contribution in [0.1, 0.15) is 26.7 Å². The molecule has 2 heteroatoms. The minimum Gasteiger partial charge on any atom is -0.0936 e. The summed E-state index contributed by atoms with van der Waals surface area (Å²) >= 11 is 0. The van der Waals surface area contributed by atoms with Gasteiger partial charge in [-0.15, -0.1) is 0 Å². The molecule has 2 fully saturated rings. The van der Waals surface area contributed by atoms with Crippen molar-refractivity contribution in [2.45, 2.75) is 31.4 Å². The summed E-state index contributed by atoms with van der Waals surface area (Å²) in [6.07, 6.45) is 2.98. The molecular weight excluding hydrogens is 160 g/mol. The Bertz CT molecular complexity index is 144. The lowest BCUT2D eigenvalue weighted by atomic mass is 10.1. The lowest BCUT2D eigenvalue weighted by Gasteiger charge is -2.23. The Balaban J connectivity index is 2.05. The van der Waals surface area contributed by atoms with Gasteiger partial charge < -0.3 is 0 Å². The maximum absolute atomic E-state index is 2.37. The highest BCUT2D eigenvalue weighted by atomic mass is 33.1. The Morgan fingerprint density at radius 3 is 2.80 bits per heavy atom. The van der Waals surface area contributed by atoms with Gasteiger partial charge in [-0.05, 0) is 24.7 Å². The van der Waals surface area contributed by atoms with Crippen molar-refractivity contribution in [2.75, 3.05) is 5.75 Å². The van der Waals surface area contributed by atoms with Crippen molar-refractivity contribution in [2.24, 2.45) is 11.8 Å². The van der Waals surface area contributed by atoms with Gasteiger partial charge in [0.05, 0.1) is 0 Å². The van der Waals surface area contributed by atoms with Crippen LogP contribution in [-0.2, 0) is 0 Å². The summed E-state index contributed by atoms with van der Waals surface area (Å²) in [6.45, 7) is 4.75. The SMILES string of the molecule is CC(C)C12CC1CCSS2. The van der Waals surface area contributed by atoms with E-state index in [0.717, 1.165) is 16.6 Å². The smallest absolute Gasteiger partial charge is 0.0318 e. The first kappa shape index (κ1) is 7.35. The van der Waals surface area contributed by atoms with Crippen molar-refractivity contribution in [1.29, 1.82) is 0 Å². The monoisotopic (exact) mass is 174 g/mol. The zero-order valence-electron chi connectivity index (χ0n) is 6.59.